The molecule has 156 valence electrons. The lowest BCUT2D eigenvalue weighted by Gasteiger charge is -2.30. The van der Waals surface area contributed by atoms with Gasteiger partial charge in [0, 0.05) is 26.1 Å². The summed E-state index contributed by atoms with van der Waals surface area (Å²) in [6, 6.07) is 13.2. The molecule has 1 aliphatic heterocycles. The predicted octanol–water partition coefficient (Wildman–Crippen LogP) is 5.77. The first-order valence-electron chi connectivity index (χ1n) is 9.55. The van der Waals surface area contributed by atoms with E-state index in [4.69, 9.17) is 16.1 Å². The molecule has 4 rings (SSSR count). The van der Waals surface area contributed by atoms with Gasteiger partial charge in [0.05, 0.1) is 11.6 Å². The van der Waals surface area contributed by atoms with Gasteiger partial charge in [0.2, 0.25) is 17.6 Å². The third kappa shape index (κ3) is 5.29. The molecule has 0 aliphatic carbocycles. The van der Waals surface area contributed by atoms with Gasteiger partial charge in [-0.15, -0.1) is 0 Å². The number of nitrogens with one attached hydrogen (secondary N) is 1. The fourth-order valence-corrected chi connectivity index (χ4v) is 4.09. The Bertz CT molecular complexity index is 1030. The minimum absolute atomic E-state index is 0.0234. The zero-order valence-corrected chi connectivity index (χ0v) is 19.9. The average molecular weight is 555 g/mol. The number of aromatic nitrogens is 2. The van der Waals surface area contributed by atoms with Crippen LogP contribution in [0.4, 0.5) is 5.69 Å². The number of benzene rings is 2. The summed E-state index contributed by atoms with van der Waals surface area (Å²) >= 11 is 12.9. The van der Waals surface area contributed by atoms with Gasteiger partial charge in [-0.25, -0.2) is 0 Å². The molecule has 1 aliphatic rings. The summed E-state index contributed by atoms with van der Waals surface area (Å²) in [4.78, 5) is 19.3. The molecule has 0 atom stereocenters. The normalized spacial score (nSPS) is 15.3. The van der Waals surface area contributed by atoms with Crippen LogP contribution in [0.3, 0.4) is 0 Å². The highest BCUT2D eigenvalue weighted by Crippen LogP contribution is 2.27. The number of nitrogens with zero attached hydrogens (tertiary/aromatic N) is 3. The van der Waals surface area contributed by atoms with Crippen LogP contribution in [0.25, 0.3) is 11.4 Å². The molecule has 3 aromatic rings. The second-order valence-electron chi connectivity index (χ2n) is 7.19. The summed E-state index contributed by atoms with van der Waals surface area (Å²) in [5, 5.41) is 7.62. The van der Waals surface area contributed by atoms with Crippen molar-refractivity contribution in [2.75, 3.05) is 18.4 Å². The Balaban J connectivity index is 1.29. The molecule has 1 saturated heterocycles. The van der Waals surface area contributed by atoms with Gasteiger partial charge in [-0.2, -0.15) is 4.98 Å². The van der Waals surface area contributed by atoms with E-state index in [1.54, 1.807) is 6.07 Å². The molecule has 1 aromatic heterocycles. The van der Waals surface area contributed by atoms with Crippen molar-refractivity contribution in [3.63, 3.8) is 0 Å². The van der Waals surface area contributed by atoms with Crippen molar-refractivity contribution in [1.29, 1.82) is 0 Å². The highest BCUT2D eigenvalue weighted by Gasteiger charge is 2.26. The molecule has 0 radical (unpaired) electrons. The number of carbonyl (C=O) groups excluding carboxylic acids is 1. The SMILES string of the molecule is O=C(Nc1ccc(Br)c(Cl)c1)C1CCN(Cc2nc(-c3ccc(Br)cc3)no2)CC1. The van der Waals surface area contributed by atoms with Crippen LogP contribution >= 0.6 is 43.5 Å². The number of amides is 1. The summed E-state index contributed by atoms with van der Waals surface area (Å²) in [5.41, 5.74) is 1.62. The molecule has 1 amide bonds. The zero-order chi connectivity index (χ0) is 21.1. The monoisotopic (exact) mass is 552 g/mol. The number of piperidine rings is 1. The first kappa shape index (κ1) is 21.5. The maximum absolute atomic E-state index is 12.6. The summed E-state index contributed by atoms with van der Waals surface area (Å²) in [6.45, 7) is 2.19. The molecule has 6 nitrogen and oxygen atoms in total. The van der Waals surface area contributed by atoms with Crippen molar-refractivity contribution in [3.05, 3.63) is 62.3 Å². The fraction of sp³-hybridized carbons (Fsp3) is 0.286. The van der Waals surface area contributed by atoms with E-state index in [-0.39, 0.29) is 11.8 Å². The number of hydrogen-bond acceptors (Lipinski definition) is 5. The van der Waals surface area contributed by atoms with Crippen molar-refractivity contribution in [2.45, 2.75) is 19.4 Å². The van der Waals surface area contributed by atoms with E-state index in [1.165, 1.54) is 0 Å². The van der Waals surface area contributed by atoms with E-state index in [0.29, 0.717) is 29.0 Å². The maximum Gasteiger partial charge on any atom is 0.241 e. The van der Waals surface area contributed by atoms with Crippen LogP contribution in [0.1, 0.15) is 18.7 Å². The van der Waals surface area contributed by atoms with E-state index in [1.807, 2.05) is 36.4 Å². The molecule has 2 aromatic carbocycles. The van der Waals surface area contributed by atoms with E-state index in [0.717, 1.165) is 40.4 Å². The van der Waals surface area contributed by atoms with Crippen molar-refractivity contribution < 1.29 is 9.32 Å². The minimum Gasteiger partial charge on any atom is -0.338 e. The molecule has 0 unspecified atom stereocenters. The quantitative estimate of drug-likeness (QED) is 0.434. The number of rotatable bonds is 5. The molecule has 30 heavy (non-hydrogen) atoms. The van der Waals surface area contributed by atoms with Gasteiger partial charge in [-0.1, -0.05) is 32.7 Å². The Morgan fingerprint density at radius 2 is 1.90 bits per heavy atom. The Labute approximate surface area is 196 Å². The molecule has 1 N–H and O–H groups in total. The lowest BCUT2D eigenvalue weighted by molar-refractivity contribution is -0.121. The minimum atomic E-state index is -0.0234. The molecule has 0 saturated carbocycles. The number of hydrogen-bond donors (Lipinski definition) is 1. The Kier molecular flexibility index (Phi) is 6.87. The third-order valence-electron chi connectivity index (χ3n) is 5.07. The highest BCUT2D eigenvalue weighted by molar-refractivity contribution is 9.10. The van der Waals surface area contributed by atoms with Gasteiger partial charge in [0.1, 0.15) is 0 Å². The van der Waals surface area contributed by atoms with Crippen LogP contribution in [0.15, 0.2) is 55.9 Å². The summed E-state index contributed by atoms with van der Waals surface area (Å²) in [5.74, 6) is 1.17. The highest BCUT2D eigenvalue weighted by atomic mass is 79.9. The van der Waals surface area contributed by atoms with Crippen LogP contribution in [0.5, 0.6) is 0 Å². The number of anilines is 1. The first-order valence-corrected chi connectivity index (χ1v) is 11.5. The van der Waals surface area contributed by atoms with Crippen LogP contribution < -0.4 is 5.32 Å². The largest absolute Gasteiger partial charge is 0.338 e. The number of likely N-dealkylation sites (tertiary alicyclic amines) is 1. The zero-order valence-electron chi connectivity index (χ0n) is 15.9. The van der Waals surface area contributed by atoms with Crippen LogP contribution in [0.2, 0.25) is 5.02 Å². The van der Waals surface area contributed by atoms with Crippen molar-refractivity contribution in [2.24, 2.45) is 5.92 Å². The maximum atomic E-state index is 12.6. The molecule has 2 heterocycles. The van der Waals surface area contributed by atoms with Crippen molar-refractivity contribution in [1.82, 2.24) is 15.0 Å². The summed E-state index contributed by atoms with van der Waals surface area (Å²) < 4.78 is 7.23. The average Bonchev–Trinajstić information content (AvgIpc) is 3.20. The van der Waals surface area contributed by atoms with E-state index in [9.17, 15) is 4.79 Å². The van der Waals surface area contributed by atoms with E-state index < -0.39 is 0 Å². The van der Waals surface area contributed by atoms with E-state index >= 15 is 0 Å². The number of halogens is 3. The topological polar surface area (TPSA) is 71.3 Å². The third-order valence-corrected chi connectivity index (χ3v) is 6.84. The lowest BCUT2D eigenvalue weighted by Crippen LogP contribution is -2.37. The van der Waals surface area contributed by atoms with Gasteiger partial charge in [0.15, 0.2) is 0 Å². The standard InChI is InChI=1S/C21H19Br2ClN4O2/c22-15-3-1-13(2-4-15)20-26-19(30-27-20)12-28-9-7-14(8-10-28)21(29)25-16-5-6-17(23)18(24)11-16/h1-6,11,14H,7-10,12H2,(H,25,29). The first-order chi connectivity index (χ1) is 14.5. The van der Waals surface area contributed by atoms with Crippen LogP contribution in [0, 0.1) is 5.92 Å². The molecule has 1 fully saturated rings. The van der Waals surface area contributed by atoms with Gasteiger partial charge < -0.3 is 9.84 Å². The summed E-state index contributed by atoms with van der Waals surface area (Å²) in [6.07, 6.45) is 1.56. The number of carbonyl (C=O) groups is 1. The van der Waals surface area contributed by atoms with Gasteiger partial charge in [-0.05, 0) is 84.3 Å². The second-order valence-corrected chi connectivity index (χ2v) is 9.36. The molecular formula is C21H19Br2ClN4O2. The van der Waals surface area contributed by atoms with Crippen molar-refractivity contribution >= 4 is 55.1 Å². The van der Waals surface area contributed by atoms with Crippen LogP contribution in [-0.2, 0) is 11.3 Å². The molecule has 0 bridgehead atoms. The second kappa shape index (κ2) is 9.60. The smallest absolute Gasteiger partial charge is 0.241 e. The summed E-state index contributed by atoms with van der Waals surface area (Å²) in [7, 11) is 0. The Hall–Kier alpha value is -1.74. The Morgan fingerprint density at radius 1 is 1.17 bits per heavy atom. The van der Waals surface area contributed by atoms with E-state index in [2.05, 4.69) is 52.2 Å². The van der Waals surface area contributed by atoms with Gasteiger partial charge in [0.25, 0.3) is 0 Å². The van der Waals surface area contributed by atoms with Gasteiger partial charge >= 0.3 is 0 Å². The molecule has 0 spiro atoms. The van der Waals surface area contributed by atoms with Crippen molar-refractivity contribution in [3.8, 4) is 11.4 Å². The van der Waals surface area contributed by atoms with Gasteiger partial charge in [-0.3, -0.25) is 9.69 Å². The fourth-order valence-electron chi connectivity index (χ4n) is 3.40. The molecule has 9 heteroatoms. The molecular weight excluding hydrogens is 536 g/mol. The van der Waals surface area contributed by atoms with Crippen LogP contribution in [-0.4, -0.2) is 34.0 Å². The predicted molar refractivity (Wildman–Crippen MR) is 123 cm³/mol. The lowest BCUT2D eigenvalue weighted by atomic mass is 9.96. The Morgan fingerprint density at radius 3 is 2.60 bits per heavy atom.